The maximum atomic E-state index is 14.3. The maximum absolute atomic E-state index is 14.3. The Kier molecular flexibility index (Phi) is 7.38. The van der Waals surface area contributed by atoms with Crippen LogP contribution in [0.1, 0.15) is 44.2 Å². The van der Waals surface area contributed by atoms with Crippen LogP contribution in [-0.4, -0.2) is 38.3 Å². The summed E-state index contributed by atoms with van der Waals surface area (Å²) in [6.07, 6.45) is -2.10. The maximum Gasteiger partial charge on any atom is 0.407 e. The standard InChI is InChI=1S/C24H26F3N3O3S/c1-3-6-20(22(31)30-23(15-28)13-14-23)29-21(24(25,26)27)19-8-5-4-7-18(19)16-9-11-17(12-10-16)34(2,32)33/h4-5,7-12,20-21,29H,3,6,13-14H2,1-2H3,(H,30,31)/t20-,21-/m0/s1. The van der Waals surface area contributed by atoms with Crippen molar-refractivity contribution in [1.82, 2.24) is 10.6 Å². The normalized spacial score (nSPS) is 16.8. The van der Waals surface area contributed by atoms with E-state index in [1.54, 1.807) is 13.0 Å². The van der Waals surface area contributed by atoms with E-state index in [-0.39, 0.29) is 22.4 Å². The second kappa shape index (κ2) is 9.76. The Morgan fingerprint density at radius 1 is 1.15 bits per heavy atom. The summed E-state index contributed by atoms with van der Waals surface area (Å²) in [6.45, 7) is 1.76. The van der Waals surface area contributed by atoms with Crippen molar-refractivity contribution in [2.24, 2.45) is 0 Å². The van der Waals surface area contributed by atoms with Crippen molar-refractivity contribution >= 4 is 15.7 Å². The molecule has 2 aromatic rings. The first-order valence-electron chi connectivity index (χ1n) is 10.9. The Labute approximate surface area is 197 Å². The topological polar surface area (TPSA) is 99.1 Å². The molecule has 1 fully saturated rings. The molecule has 3 rings (SSSR count). The van der Waals surface area contributed by atoms with Crippen LogP contribution in [0, 0.1) is 11.3 Å². The van der Waals surface area contributed by atoms with Crippen LogP contribution in [-0.2, 0) is 14.6 Å². The highest BCUT2D eigenvalue weighted by molar-refractivity contribution is 7.90. The SMILES string of the molecule is CCC[C@H](N[C@@H](c1ccccc1-c1ccc(S(C)(=O)=O)cc1)C(F)(F)F)C(=O)NC1(C#N)CC1. The number of nitriles is 1. The lowest BCUT2D eigenvalue weighted by Gasteiger charge is -2.29. The highest BCUT2D eigenvalue weighted by Gasteiger charge is 2.47. The van der Waals surface area contributed by atoms with Crippen molar-refractivity contribution in [2.45, 2.75) is 61.3 Å². The number of amides is 1. The third-order valence-electron chi connectivity index (χ3n) is 5.78. The zero-order valence-electron chi connectivity index (χ0n) is 18.8. The third-order valence-corrected chi connectivity index (χ3v) is 6.91. The molecule has 0 aromatic heterocycles. The fourth-order valence-corrected chi connectivity index (χ4v) is 4.38. The number of carbonyl (C=O) groups excluding carboxylic acids is 1. The van der Waals surface area contributed by atoms with Crippen molar-refractivity contribution in [3.05, 3.63) is 54.1 Å². The summed E-state index contributed by atoms with van der Waals surface area (Å²) in [4.78, 5) is 12.8. The molecule has 2 aromatic carbocycles. The van der Waals surface area contributed by atoms with Crippen LogP contribution in [0.2, 0.25) is 0 Å². The van der Waals surface area contributed by atoms with E-state index in [9.17, 15) is 31.6 Å². The number of sulfone groups is 1. The van der Waals surface area contributed by atoms with E-state index in [4.69, 9.17) is 0 Å². The van der Waals surface area contributed by atoms with Crippen LogP contribution in [0.4, 0.5) is 13.2 Å². The van der Waals surface area contributed by atoms with E-state index >= 15 is 0 Å². The zero-order valence-corrected chi connectivity index (χ0v) is 19.6. The Bertz CT molecular complexity index is 1180. The second-order valence-electron chi connectivity index (χ2n) is 8.55. The number of alkyl halides is 3. The molecular formula is C24H26F3N3O3S. The smallest absolute Gasteiger partial charge is 0.336 e. The van der Waals surface area contributed by atoms with Gasteiger partial charge < -0.3 is 5.32 Å². The van der Waals surface area contributed by atoms with Crippen molar-refractivity contribution in [3.63, 3.8) is 0 Å². The van der Waals surface area contributed by atoms with Crippen molar-refractivity contribution in [1.29, 1.82) is 5.26 Å². The third kappa shape index (κ3) is 5.96. The Balaban J connectivity index is 1.97. The van der Waals surface area contributed by atoms with Gasteiger partial charge in [0.15, 0.2) is 9.84 Å². The second-order valence-corrected chi connectivity index (χ2v) is 10.6. The number of nitrogens with one attached hydrogen (secondary N) is 2. The van der Waals surface area contributed by atoms with E-state index in [2.05, 4.69) is 10.6 Å². The largest absolute Gasteiger partial charge is 0.407 e. The Hall–Kier alpha value is -2.90. The van der Waals surface area contributed by atoms with Gasteiger partial charge in [0, 0.05) is 6.26 Å². The summed E-state index contributed by atoms with van der Waals surface area (Å²) in [5, 5.41) is 14.3. The Morgan fingerprint density at radius 3 is 2.26 bits per heavy atom. The van der Waals surface area contributed by atoms with Gasteiger partial charge in [-0.15, -0.1) is 0 Å². The quantitative estimate of drug-likeness (QED) is 0.543. The van der Waals surface area contributed by atoms with Crippen LogP contribution in [0.25, 0.3) is 11.1 Å². The first-order chi connectivity index (χ1) is 15.9. The molecule has 1 aliphatic carbocycles. The van der Waals surface area contributed by atoms with Crippen LogP contribution in [0.15, 0.2) is 53.4 Å². The average Bonchev–Trinajstić information content (AvgIpc) is 3.55. The summed E-state index contributed by atoms with van der Waals surface area (Å²) < 4.78 is 66.3. The molecule has 0 spiro atoms. The van der Waals surface area contributed by atoms with Gasteiger partial charge in [0.05, 0.1) is 17.0 Å². The summed E-state index contributed by atoms with van der Waals surface area (Å²) in [5.41, 5.74) is -0.393. The minimum atomic E-state index is -4.72. The number of hydrogen-bond acceptors (Lipinski definition) is 5. The summed E-state index contributed by atoms with van der Waals surface area (Å²) in [7, 11) is -3.46. The predicted molar refractivity (Wildman–Crippen MR) is 121 cm³/mol. The highest BCUT2D eigenvalue weighted by Crippen LogP contribution is 2.39. The summed E-state index contributed by atoms with van der Waals surface area (Å²) >= 11 is 0. The molecule has 1 saturated carbocycles. The summed E-state index contributed by atoms with van der Waals surface area (Å²) in [6, 6.07) is 10.3. The lowest BCUT2D eigenvalue weighted by Crippen LogP contribution is -2.51. The first kappa shape index (κ1) is 25.7. The van der Waals surface area contributed by atoms with Gasteiger partial charge in [0.2, 0.25) is 5.91 Å². The molecule has 2 atom stereocenters. The fourth-order valence-electron chi connectivity index (χ4n) is 3.75. The van der Waals surface area contributed by atoms with Crippen LogP contribution in [0.3, 0.4) is 0 Å². The number of carbonyl (C=O) groups is 1. The number of hydrogen-bond donors (Lipinski definition) is 2. The number of halogens is 3. The molecule has 0 saturated heterocycles. The lowest BCUT2D eigenvalue weighted by atomic mass is 9.93. The number of nitrogens with zero attached hydrogens (tertiary/aromatic N) is 1. The van der Waals surface area contributed by atoms with Crippen LogP contribution in [0.5, 0.6) is 0 Å². The van der Waals surface area contributed by atoms with Gasteiger partial charge in [-0.3, -0.25) is 10.1 Å². The van der Waals surface area contributed by atoms with Crippen LogP contribution >= 0.6 is 0 Å². The molecule has 6 nitrogen and oxygen atoms in total. The molecule has 1 aliphatic rings. The molecule has 0 bridgehead atoms. The molecule has 0 aliphatic heterocycles. The van der Waals surface area contributed by atoms with Gasteiger partial charge in [0.25, 0.3) is 0 Å². The van der Waals surface area contributed by atoms with Crippen molar-refractivity contribution in [3.8, 4) is 17.2 Å². The van der Waals surface area contributed by atoms with Crippen molar-refractivity contribution in [2.75, 3.05) is 6.26 Å². The van der Waals surface area contributed by atoms with E-state index < -0.39 is 39.5 Å². The molecule has 0 heterocycles. The predicted octanol–water partition coefficient (Wildman–Crippen LogP) is 4.29. The van der Waals surface area contributed by atoms with Crippen LogP contribution < -0.4 is 10.6 Å². The van der Waals surface area contributed by atoms with Crippen molar-refractivity contribution < 1.29 is 26.4 Å². The average molecular weight is 494 g/mol. The minimum Gasteiger partial charge on any atom is -0.336 e. The monoisotopic (exact) mass is 493 g/mol. The molecule has 10 heteroatoms. The number of benzene rings is 2. The van der Waals surface area contributed by atoms with Gasteiger partial charge in [-0.05, 0) is 48.1 Å². The van der Waals surface area contributed by atoms with E-state index in [0.29, 0.717) is 24.8 Å². The molecular weight excluding hydrogens is 467 g/mol. The van der Waals surface area contributed by atoms with Gasteiger partial charge >= 0.3 is 6.18 Å². The van der Waals surface area contributed by atoms with Gasteiger partial charge in [0.1, 0.15) is 11.6 Å². The van der Waals surface area contributed by atoms with E-state index in [1.807, 2.05) is 6.07 Å². The van der Waals surface area contributed by atoms with E-state index in [1.165, 1.54) is 42.5 Å². The molecule has 0 unspecified atom stereocenters. The molecule has 1 amide bonds. The number of rotatable bonds is 9. The minimum absolute atomic E-state index is 0.0606. The highest BCUT2D eigenvalue weighted by atomic mass is 32.2. The molecule has 2 N–H and O–H groups in total. The molecule has 34 heavy (non-hydrogen) atoms. The zero-order chi connectivity index (χ0) is 25.1. The first-order valence-corrected chi connectivity index (χ1v) is 12.7. The Morgan fingerprint density at radius 2 is 1.76 bits per heavy atom. The van der Waals surface area contributed by atoms with E-state index in [0.717, 1.165) is 6.26 Å². The van der Waals surface area contributed by atoms with Gasteiger partial charge in [-0.2, -0.15) is 18.4 Å². The fraction of sp³-hybridized carbons (Fsp3) is 0.417. The van der Waals surface area contributed by atoms with Gasteiger partial charge in [-0.25, -0.2) is 8.42 Å². The van der Waals surface area contributed by atoms with Gasteiger partial charge in [-0.1, -0.05) is 49.7 Å². The lowest BCUT2D eigenvalue weighted by molar-refractivity contribution is -0.161. The summed E-state index contributed by atoms with van der Waals surface area (Å²) in [5.74, 6) is -0.634. The molecule has 182 valence electrons. The molecule has 0 radical (unpaired) electrons.